The SMILES string of the molecule is FC(F)(F)C1NCCc2c1ncn2-c1cc[n+](Nc2cccc(-c3nncn3C3CC3)c2)cc1. The number of hydrogen-bond donors (Lipinski definition) is 2. The van der Waals surface area contributed by atoms with Crippen molar-refractivity contribution in [2.45, 2.75) is 37.5 Å². The van der Waals surface area contributed by atoms with Crippen LogP contribution in [0.2, 0.25) is 0 Å². The molecule has 3 aromatic heterocycles. The third kappa shape index (κ3) is 3.81. The minimum atomic E-state index is -4.38. The van der Waals surface area contributed by atoms with Crippen molar-refractivity contribution in [1.29, 1.82) is 0 Å². The number of alkyl halides is 3. The first-order chi connectivity index (χ1) is 16.5. The molecule has 0 radical (unpaired) electrons. The number of nitrogens with zero attached hydrogens (tertiary/aromatic N) is 6. The second-order valence-corrected chi connectivity index (χ2v) is 8.57. The van der Waals surface area contributed by atoms with Crippen molar-refractivity contribution in [3.05, 3.63) is 72.8 Å². The summed E-state index contributed by atoms with van der Waals surface area (Å²) in [4.78, 5) is 4.07. The molecular weight excluding hydrogens is 445 g/mol. The Morgan fingerprint density at radius 1 is 1.09 bits per heavy atom. The summed E-state index contributed by atoms with van der Waals surface area (Å²) in [5, 5.41) is 10.9. The second kappa shape index (κ2) is 7.94. The second-order valence-electron chi connectivity index (χ2n) is 8.57. The smallest absolute Gasteiger partial charge is 0.310 e. The molecule has 11 heteroatoms. The zero-order chi connectivity index (χ0) is 23.3. The zero-order valence-corrected chi connectivity index (χ0v) is 18.1. The summed E-state index contributed by atoms with van der Waals surface area (Å²) in [5.74, 6) is 0.850. The normalized spacial score (nSPS) is 18.0. The summed E-state index contributed by atoms with van der Waals surface area (Å²) in [7, 11) is 0. The van der Waals surface area contributed by atoms with Crippen molar-refractivity contribution in [2.24, 2.45) is 0 Å². The standard InChI is InChI=1S/C23H22F3N8/c24-23(25,26)21-20-19(6-9-27-21)33(13-28-20)18-7-10-32(11-8-18)31-16-3-1-2-15(12-16)22-30-29-14-34(22)17-4-5-17/h1-3,7-8,10-14,17,21,27,31H,4-6,9H2/q+1. The van der Waals surface area contributed by atoms with E-state index in [0.717, 1.165) is 35.6 Å². The fourth-order valence-corrected chi connectivity index (χ4v) is 4.40. The monoisotopic (exact) mass is 467 g/mol. The molecule has 4 aromatic rings. The average molecular weight is 467 g/mol. The number of imidazole rings is 1. The highest BCUT2D eigenvalue weighted by atomic mass is 19.4. The van der Waals surface area contributed by atoms with Crippen LogP contribution in [-0.2, 0) is 6.42 Å². The molecule has 2 N–H and O–H groups in total. The van der Waals surface area contributed by atoms with E-state index in [0.29, 0.717) is 18.2 Å². The van der Waals surface area contributed by atoms with Gasteiger partial charge in [-0.2, -0.15) is 18.6 Å². The fourth-order valence-electron chi connectivity index (χ4n) is 4.40. The lowest BCUT2D eigenvalue weighted by Gasteiger charge is -2.26. The topological polar surface area (TPSA) is 76.5 Å². The Balaban J connectivity index is 1.22. The molecule has 1 aliphatic carbocycles. The lowest BCUT2D eigenvalue weighted by Crippen LogP contribution is -2.41. The van der Waals surface area contributed by atoms with Gasteiger partial charge < -0.3 is 14.5 Å². The van der Waals surface area contributed by atoms with Gasteiger partial charge in [0, 0.05) is 42.4 Å². The van der Waals surface area contributed by atoms with Gasteiger partial charge in [0.05, 0.1) is 23.4 Å². The number of benzene rings is 1. The van der Waals surface area contributed by atoms with Crippen molar-refractivity contribution in [3.8, 4) is 17.1 Å². The molecule has 1 atom stereocenters. The number of fused-ring (bicyclic) bond motifs is 1. The van der Waals surface area contributed by atoms with E-state index >= 15 is 0 Å². The van der Waals surface area contributed by atoms with E-state index in [9.17, 15) is 13.2 Å². The number of anilines is 1. The molecule has 0 saturated heterocycles. The largest absolute Gasteiger partial charge is 0.409 e. The van der Waals surface area contributed by atoms with Crippen LogP contribution in [0.4, 0.5) is 18.9 Å². The van der Waals surface area contributed by atoms with Crippen LogP contribution in [-0.4, -0.2) is 37.0 Å². The molecule has 0 amide bonds. The van der Waals surface area contributed by atoms with Crippen LogP contribution in [0.3, 0.4) is 0 Å². The molecule has 8 nitrogen and oxygen atoms in total. The predicted octanol–water partition coefficient (Wildman–Crippen LogP) is 3.38. The quantitative estimate of drug-likeness (QED) is 0.440. The third-order valence-corrected chi connectivity index (χ3v) is 6.19. The highest BCUT2D eigenvalue weighted by Gasteiger charge is 2.45. The van der Waals surface area contributed by atoms with Gasteiger partial charge >= 0.3 is 6.18 Å². The van der Waals surface area contributed by atoms with Crippen LogP contribution < -0.4 is 15.4 Å². The van der Waals surface area contributed by atoms with Gasteiger partial charge in [-0.25, -0.2) is 4.98 Å². The van der Waals surface area contributed by atoms with Crippen LogP contribution in [0.15, 0.2) is 61.4 Å². The highest BCUT2D eigenvalue weighted by molar-refractivity contribution is 5.62. The third-order valence-electron chi connectivity index (χ3n) is 6.19. The fraction of sp³-hybridized carbons (Fsp3) is 0.304. The molecule has 6 rings (SSSR count). The molecule has 1 saturated carbocycles. The van der Waals surface area contributed by atoms with Gasteiger partial charge in [-0.05, 0) is 25.0 Å². The molecule has 34 heavy (non-hydrogen) atoms. The van der Waals surface area contributed by atoms with Crippen LogP contribution in [0.1, 0.15) is 36.3 Å². The van der Waals surface area contributed by atoms with E-state index < -0.39 is 12.2 Å². The van der Waals surface area contributed by atoms with Crippen LogP contribution in [0.5, 0.6) is 0 Å². The number of hydrogen-bond acceptors (Lipinski definition) is 5. The van der Waals surface area contributed by atoms with Gasteiger partial charge in [-0.1, -0.05) is 16.8 Å². The van der Waals surface area contributed by atoms with Gasteiger partial charge in [0.15, 0.2) is 5.82 Å². The Kier molecular flexibility index (Phi) is 4.87. The molecular formula is C23H22F3N8+. The van der Waals surface area contributed by atoms with Crippen molar-refractivity contribution in [3.63, 3.8) is 0 Å². The van der Waals surface area contributed by atoms with Crippen LogP contribution >= 0.6 is 0 Å². The minimum absolute atomic E-state index is 0.0458. The number of pyridine rings is 1. The molecule has 2 aliphatic rings. The molecule has 0 spiro atoms. The number of halogens is 3. The van der Waals surface area contributed by atoms with Crippen molar-refractivity contribution in [1.82, 2.24) is 29.6 Å². The zero-order valence-electron chi connectivity index (χ0n) is 18.1. The summed E-state index contributed by atoms with van der Waals surface area (Å²) in [6.45, 7) is 0.252. The van der Waals surface area contributed by atoms with Gasteiger partial charge in [0.2, 0.25) is 12.4 Å². The Labute approximate surface area is 193 Å². The average Bonchev–Trinajstić information content (AvgIpc) is 3.39. The van der Waals surface area contributed by atoms with E-state index in [-0.39, 0.29) is 12.2 Å². The van der Waals surface area contributed by atoms with Crippen LogP contribution in [0, 0.1) is 0 Å². The van der Waals surface area contributed by atoms with E-state index in [1.54, 1.807) is 15.6 Å². The Bertz CT molecular complexity index is 1320. The van der Waals surface area contributed by atoms with Crippen molar-refractivity contribution in [2.75, 3.05) is 12.0 Å². The van der Waals surface area contributed by atoms with E-state index in [1.807, 2.05) is 48.8 Å². The first-order valence-corrected chi connectivity index (χ1v) is 11.1. The summed E-state index contributed by atoms with van der Waals surface area (Å²) in [5.41, 5.74) is 6.54. The van der Waals surface area contributed by atoms with Gasteiger partial charge in [0.1, 0.15) is 12.4 Å². The van der Waals surface area contributed by atoms with Gasteiger partial charge in [-0.15, -0.1) is 10.2 Å². The Morgan fingerprint density at radius 3 is 2.68 bits per heavy atom. The first-order valence-electron chi connectivity index (χ1n) is 11.1. The lowest BCUT2D eigenvalue weighted by atomic mass is 10.0. The van der Waals surface area contributed by atoms with E-state index in [1.165, 1.54) is 6.33 Å². The number of rotatable bonds is 5. The first kappa shape index (κ1) is 20.8. The molecule has 1 aliphatic heterocycles. The summed E-state index contributed by atoms with van der Waals surface area (Å²) >= 11 is 0. The van der Waals surface area contributed by atoms with Gasteiger partial charge in [-0.3, -0.25) is 0 Å². The van der Waals surface area contributed by atoms with Crippen LogP contribution in [0.25, 0.3) is 17.1 Å². The highest BCUT2D eigenvalue weighted by Crippen LogP contribution is 2.38. The minimum Gasteiger partial charge on any atom is -0.310 e. The maximum Gasteiger partial charge on any atom is 0.409 e. The maximum atomic E-state index is 13.3. The molecule has 1 unspecified atom stereocenters. The summed E-state index contributed by atoms with van der Waals surface area (Å²) in [6.07, 6.45) is 5.29. The molecule has 174 valence electrons. The number of nitrogens with one attached hydrogen (secondary N) is 2. The molecule has 1 fully saturated rings. The van der Waals surface area contributed by atoms with Crippen molar-refractivity contribution < 1.29 is 17.8 Å². The predicted molar refractivity (Wildman–Crippen MR) is 117 cm³/mol. The number of aromatic nitrogens is 6. The summed E-state index contributed by atoms with van der Waals surface area (Å²) in [6, 6.07) is 10.4. The van der Waals surface area contributed by atoms with E-state index in [4.69, 9.17) is 0 Å². The maximum absolute atomic E-state index is 13.3. The Hall–Kier alpha value is -3.73. The lowest BCUT2D eigenvalue weighted by molar-refractivity contribution is -0.642. The molecule has 1 aromatic carbocycles. The van der Waals surface area contributed by atoms with Crippen molar-refractivity contribution >= 4 is 5.69 Å². The molecule has 4 heterocycles. The Morgan fingerprint density at radius 2 is 1.91 bits per heavy atom. The van der Waals surface area contributed by atoms with E-state index in [2.05, 4.69) is 30.5 Å². The molecule has 0 bridgehead atoms. The summed E-state index contributed by atoms with van der Waals surface area (Å²) < 4.78 is 45.7. The van der Waals surface area contributed by atoms with Gasteiger partial charge in [0.25, 0.3) is 0 Å².